The van der Waals surface area contributed by atoms with Crippen molar-refractivity contribution in [1.82, 2.24) is 0 Å². The molecule has 0 aromatic carbocycles. The molecule has 0 radical (unpaired) electrons. The van der Waals surface area contributed by atoms with Gasteiger partial charge >= 0.3 is 0 Å². The van der Waals surface area contributed by atoms with Crippen molar-refractivity contribution in [3.05, 3.63) is 0 Å². The average molecular weight is 547 g/mol. The second-order valence-corrected chi connectivity index (χ2v) is 13.5. The summed E-state index contributed by atoms with van der Waals surface area (Å²) >= 11 is 0. The second-order valence-electron chi connectivity index (χ2n) is 13.5. The van der Waals surface area contributed by atoms with Crippen LogP contribution in [0.1, 0.15) is 47.0 Å². The summed E-state index contributed by atoms with van der Waals surface area (Å²) in [5.41, 5.74) is -8.29. The van der Waals surface area contributed by atoms with E-state index in [9.17, 15) is 46.0 Å². The second kappa shape index (κ2) is 7.87. The Bertz CT molecular complexity index is 997. The molecule has 4 aliphatic carbocycles. The van der Waals surface area contributed by atoms with E-state index in [-0.39, 0.29) is 18.9 Å². The Balaban J connectivity index is 1.36. The Labute approximate surface area is 220 Å². The van der Waals surface area contributed by atoms with Gasteiger partial charge < -0.3 is 60.2 Å². The van der Waals surface area contributed by atoms with Crippen molar-refractivity contribution in [2.75, 3.05) is 13.2 Å². The molecule has 218 valence electrons. The summed E-state index contributed by atoms with van der Waals surface area (Å²) in [6.07, 6.45) is -9.05. The maximum atomic E-state index is 12.5. The Hall–Kier alpha value is -0.480. The van der Waals surface area contributed by atoms with Crippen LogP contribution >= 0.6 is 0 Å². The Morgan fingerprint density at radius 1 is 1.00 bits per heavy atom. The predicted molar refractivity (Wildman–Crippen MR) is 126 cm³/mol. The number of aliphatic hydroxyl groups is 9. The fourth-order valence-electron chi connectivity index (χ4n) is 10.2. The van der Waals surface area contributed by atoms with Crippen LogP contribution in [-0.4, -0.2) is 125 Å². The highest BCUT2D eigenvalue weighted by atomic mass is 16.7. The number of rotatable bonds is 5. The van der Waals surface area contributed by atoms with Crippen molar-refractivity contribution >= 4 is 0 Å². The topological polar surface area (TPSA) is 210 Å². The van der Waals surface area contributed by atoms with Crippen molar-refractivity contribution in [3.8, 4) is 0 Å². The first-order valence-electron chi connectivity index (χ1n) is 13.7. The Kier molecular flexibility index (Phi) is 5.73. The minimum absolute atomic E-state index is 0.0169. The molecule has 9 N–H and O–H groups in total. The average Bonchev–Trinajstić information content (AvgIpc) is 3.24. The standard InChI is InChI=1S/C26H42O12/c1-10-5-6-23(32)13(10)19-26(35)17-18(31)25(34,22(26,4)24(33,38-19)9-21(17,23)3)11(2)8-36-20-16(30)15(29)14(28)12(7-27)37-20/h10-20,27-35H,5-9H2,1-4H3/t10-,11?,12-,13+,14-,15+,16-,17+,18-,19-,20-,21-,22+,23-,24+,25-,26-/m1/s1. The van der Waals surface area contributed by atoms with Crippen LogP contribution in [-0.2, 0) is 14.2 Å². The van der Waals surface area contributed by atoms with E-state index in [1.807, 2.05) is 6.92 Å². The third kappa shape index (κ3) is 2.60. The Morgan fingerprint density at radius 2 is 1.66 bits per heavy atom. The molecule has 38 heavy (non-hydrogen) atoms. The number of aliphatic hydroxyl groups excluding tert-OH is 5. The summed E-state index contributed by atoms with van der Waals surface area (Å²) in [5.74, 6) is -4.58. The molecule has 0 spiro atoms. The zero-order valence-corrected chi connectivity index (χ0v) is 22.1. The molecule has 12 heteroatoms. The van der Waals surface area contributed by atoms with Crippen molar-refractivity contribution in [1.29, 1.82) is 0 Å². The van der Waals surface area contributed by atoms with E-state index in [1.165, 1.54) is 6.92 Å². The van der Waals surface area contributed by atoms with Crippen LogP contribution in [0.5, 0.6) is 0 Å². The summed E-state index contributed by atoms with van der Waals surface area (Å²) in [6.45, 7) is 5.83. The SMILES string of the molecule is CC(CO[C@@H]1O[C@H](CO)[C@@H](O)[C@H](O)[C@H]1O)[C@@]1(O)[C@H](O)[C@@H]2[C@@]3(O)[C@@H]4O[C@@](O)(C[C@@]2(C)[C@@]2(O)CC[C@@H](C)[C@@H]42)[C@]31C. The van der Waals surface area contributed by atoms with E-state index in [2.05, 4.69) is 0 Å². The fourth-order valence-corrected chi connectivity index (χ4v) is 10.2. The van der Waals surface area contributed by atoms with Gasteiger partial charge in [0, 0.05) is 29.6 Å². The van der Waals surface area contributed by atoms with E-state index >= 15 is 0 Å². The van der Waals surface area contributed by atoms with E-state index in [1.54, 1.807) is 13.8 Å². The summed E-state index contributed by atoms with van der Waals surface area (Å²) in [7, 11) is 0. The van der Waals surface area contributed by atoms with Crippen LogP contribution < -0.4 is 0 Å². The van der Waals surface area contributed by atoms with Crippen LogP contribution in [0.25, 0.3) is 0 Å². The summed E-state index contributed by atoms with van der Waals surface area (Å²) < 4.78 is 17.4. The molecule has 0 aromatic rings. The quantitative estimate of drug-likeness (QED) is 0.171. The summed E-state index contributed by atoms with van der Waals surface area (Å²) in [6, 6.07) is 0. The van der Waals surface area contributed by atoms with Crippen molar-refractivity contribution < 1.29 is 60.2 Å². The highest BCUT2D eigenvalue weighted by Crippen LogP contribution is 2.84. The lowest BCUT2D eigenvalue weighted by Crippen LogP contribution is -2.77. The van der Waals surface area contributed by atoms with Gasteiger partial charge in [0.15, 0.2) is 12.1 Å². The fraction of sp³-hybridized carbons (Fsp3) is 1.00. The van der Waals surface area contributed by atoms with Crippen molar-refractivity contribution in [3.63, 3.8) is 0 Å². The summed E-state index contributed by atoms with van der Waals surface area (Å²) in [5, 5.41) is 101. The van der Waals surface area contributed by atoms with E-state index in [0.29, 0.717) is 12.8 Å². The smallest absolute Gasteiger partial charge is 0.186 e. The third-order valence-corrected chi connectivity index (χ3v) is 12.2. The molecule has 2 aliphatic heterocycles. The zero-order chi connectivity index (χ0) is 28.0. The highest BCUT2D eigenvalue weighted by Gasteiger charge is 2.97. The van der Waals surface area contributed by atoms with E-state index in [0.717, 1.165) is 0 Å². The van der Waals surface area contributed by atoms with Gasteiger partial charge in [-0.05, 0) is 25.7 Å². The monoisotopic (exact) mass is 546 g/mol. The molecule has 5 bridgehead atoms. The molecular formula is C26H42O12. The lowest BCUT2D eigenvalue weighted by atomic mass is 9.41. The van der Waals surface area contributed by atoms with Gasteiger partial charge in [-0.3, -0.25) is 0 Å². The minimum atomic E-state index is -2.17. The van der Waals surface area contributed by atoms with Crippen molar-refractivity contribution in [2.24, 2.45) is 34.5 Å². The lowest BCUT2D eigenvalue weighted by molar-refractivity contribution is -0.329. The lowest BCUT2D eigenvalue weighted by Gasteiger charge is -2.64. The van der Waals surface area contributed by atoms with Crippen LogP contribution in [0.2, 0.25) is 0 Å². The number of ether oxygens (including phenoxy) is 3. The molecule has 0 aromatic heterocycles. The molecule has 2 heterocycles. The molecular weight excluding hydrogens is 504 g/mol. The maximum Gasteiger partial charge on any atom is 0.186 e. The highest BCUT2D eigenvalue weighted by molar-refractivity contribution is 5.43. The largest absolute Gasteiger partial charge is 0.394 e. The maximum absolute atomic E-state index is 12.5. The first-order valence-corrected chi connectivity index (χ1v) is 13.7. The number of hydrogen-bond donors (Lipinski definition) is 9. The summed E-state index contributed by atoms with van der Waals surface area (Å²) in [4.78, 5) is 0. The normalized spacial score (nSPS) is 65.3. The van der Waals surface area contributed by atoms with E-state index in [4.69, 9.17) is 14.2 Å². The number of hydrogen-bond acceptors (Lipinski definition) is 12. The molecule has 2 saturated heterocycles. The van der Waals surface area contributed by atoms with Gasteiger partial charge in [-0.1, -0.05) is 20.8 Å². The third-order valence-electron chi connectivity index (χ3n) is 12.2. The van der Waals surface area contributed by atoms with Gasteiger partial charge in [-0.25, -0.2) is 0 Å². The minimum Gasteiger partial charge on any atom is -0.394 e. The molecule has 1 unspecified atom stereocenters. The van der Waals surface area contributed by atoms with Gasteiger partial charge in [0.1, 0.15) is 35.6 Å². The predicted octanol–water partition coefficient (Wildman–Crippen LogP) is -2.81. The van der Waals surface area contributed by atoms with Crippen LogP contribution in [0.3, 0.4) is 0 Å². The molecule has 17 atom stereocenters. The number of fused-ring (bicyclic) bond motifs is 3. The van der Waals surface area contributed by atoms with Crippen LogP contribution in [0.15, 0.2) is 0 Å². The first kappa shape index (κ1) is 27.7. The van der Waals surface area contributed by atoms with Gasteiger partial charge in [0.05, 0.1) is 36.4 Å². The molecule has 12 nitrogen and oxygen atoms in total. The molecule has 6 rings (SSSR count). The Morgan fingerprint density at radius 3 is 2.29 bits per heavy atom. The van der Waals surface area contributed by atoms with Gasteiger partial charge in [-0.2, -0.15) is 0 Å². The first-order chi connectivity index (χ1) is 17.5. The molecule has 6 fully saturated rings. The molecule has 4 saturated carbocycles. The zero-order valence-electron chi connectivity index (χ0n) is 22.1. The van der Waals surface area contributed by atoms with Gasteiger partial charge in [0.25, 0.3) is 0 Å². The molecule has 6 aliphatic rings. The van der Waals surface area contributed by atoms with Gasteiger partial charge in [-0.15, -0.1) is 0 Å². The van der Waals surface area contributed by atoms with Crippen LogP contribution in [0, 0.1) is 34.5 Å². The van der Waals surface area contributed by atoms with Crippen LogP contribution in [0.4, 0.5) is 0 Å². The van der Waals surface area contributed by atoms with Crippen molar-refractivity contribution in [2.45, 2.75) is 112 Å². The van der Waals surface area contributed by atoms with E-state index < -0.39 is 101 Å². The molecule has 0 amide bonds. The van der Waals surface area contributed by atoms with Gasteiger partial charge in [0.2, 0.25) is 0 Å².